The summed E-state index contributed by atoms with van der Waals surface area (Å²) in [6.45, 7) is 1.86. The molecule has 3 rings (SSSR count). The molecule has 1 amide bonds. The van der Waals surface area contributed by atoms with E-state index in [1.807, 2.05) is 0 Å². The minimum Gasteiger partial charge on any atom is -0.451 e. The van der Waals surface area contributed by atoms with E-state index in [4.69, 9.17) is 4.74 Å². The van der Waals surface area contributed by atoms with Crippen LogP contribution in [-0.4, -0.2) is 39.7 Å². The van der Waals surface area contributed by atoms with E-state index in [0.29, 0.717) is 22.9 Å². The van der Waals surface area contributed by atoms with Crippen LogP contribution in [0.2, 0.25) is 0 Å². The van der Waals surface area contributed by atoms with Crippen LogP contribution in [0.1, 0.15) is 23.0 Å². The lowest BCUT2D eigenvalue weighted by Crippen LogP contribution is -2.34. The number of esters is 1. The normalized spacial score (nSPS) is 10.7. The number of fused-ring (bicyclic) bond motifs is 1. The van der Waals surface area contributed by atoms with Crippen LogP contribution in [0.25, 0.3) is 10.8 Å². The average molecular weight is 397 g/mol. The summed E-state index contributed by atoms with van der Waals surface area (Å²) in [7, 11) is 1.44. The number of amides is 1. The maximum Gasteiger partial charge on any atom is 0.359 e. The molecule has 1 aromatic heterocycles. The fraction of sp³-hybridized carbons (Fsp3) is 0.238. The molecule has 7 nitrogen and oxygen atoms in total. The Morgan fingerprint density at radius 2 is 1.86 bits per heavy atom. The van der Waals surface area contributed by atoms with Gasteiger partial charge in [0, 0.05) is 25.5 Å². The number of benzene rings is 2. The highest BCUT2D eigenvalue weighted by Gasteiger charge is 2.20. The van der Waals surface area contributed by atoms with Crippen LogP contribution in [0.5, 0.6) is 0 Å². The molecule has 0 fully saturated rings. The Bertz CT molecular complexity index is 1130. The Labute approximate surface area is 166 Å². The molecule has 0 aliphatic heterocycles. The number of carbonyl (C=O) groups is 2. The summed E-state index contributed by atoms with van der Waals surface area (Å²) < 4.78 is 19.6. The zero-order valence-electron chi connectivity index (χ0n) is 16.1. The predicted octanol–water partition coefficient (Wildman–Crippen LogP) is 2.28. The summed E-state index contributed by atoms with van der Waals surface area (Å²) in [5.41, 5.74) is 0.265. The Hall–Kier alpha value is -3.55. The van der Waals surface area contributed by atoms with E-state index >= 15 is 0 Å². The predicted molar refractivity (Wildman–Crippen MR) is 105 cm³/mol. The van der Waals surface area contributed by atoms with Crippen molar-refractivity contribution in [1.82, 2.24) is 14.7 Å². The molecule has 29 heavy (non-hydrogen) atoms. The van der Waals surface area contributed by atoms with Crippen LogP contribution >= 0.6 is 0 Å². The van der Waals surface area contributed by atoms with E-state index in [9.17, 15) is 18.8 Å². The van der Waals surface area contributed by atoms with Gasteiger partial charge in [-0.1, -0.05) is 30.3 Å². The van der Waals surface area contributed by atoms with Crippen LogP contribution < -0.4 is 5.56 Å². The van der Waals surface area contributed by atoms with Crippen molar-refractivity contribution in [2.75, 3.05) is 13.2 Å². The van der Waals surface area contributed by atoms with Gasteiger partial charge in [0.15, 0.2) is 12.3 Å². The molecule has 0 saturated carbocycles. The molecule has 150 valence electrons. The van der Waals surface area contributed by atoms with E-state index < -0.39 is 18.5 Å². The number of aromatic nitrogens is 2. The van der Waals surface area contributed by atoms with E-state index in [-0.39, 0.29) is 23.6 Å². The fourth-order valence-corrected chi connectivity index (χ4v) is 2.97. The van der Waals surface area contributed by atoms with E-state index in [2.05, 4.69) is 5.10 Å². The molecule has 3 aromatic rings. The molecular formula is C21H20FN3O4. The van der Waals surface area contributed by atoms with Crippen molar-refractivity contribution in [1.29, 1.82) is 0 Å². The highest BCUT2D eigenvalue weighted by atomic mass is 19.1. The van der Waals surface area contributed by atoms with Crippen molar-refractivity contribution in [2.24, 2.45) is 7.05 Å². The molecule has 0 unspecified atom stereocenters. The average Bonchev–Trinajstić information content (AvgIpc) is 2.72. The lowest BCUT2D eigenvalue weighted by molar-refractivity contribution is -0.135. The molecule has 1 heterocycles. The summed E-state index contributed by atoms with van der Waals surface area (Å²) >= 11 is 0. The summed E-state index contributed by atoms with van der Waals surface area (Å²) in [4.78, 5) is 38.6. The zero-order chi connectivity index (χ0) is 21.0. The van der Waals surface area contributed by atoms with Crippen LogP contribution in [0.15, 0.2) is 53.3 Å². The number of halogens is 1. The minimum absolute atomic E-state index is 0.0383. The number of hydrogen-bond acceptors (Lipinski definition) is 5. The second kappa shape index (κ2) is 8.64. The summed E-state index contributed by atoms with van der Waals surface area (Å²) in [6, 6.07) is 12.5. The first-order valence-corrected chi connectivity index (χ1v) is 9.06. The van der Waals surface area contributed by atoms with Crippen molar-refractivity contribution < 1.29 is 18.7 Å². The van der Waals surface area contributed by atoms with Gasteiger partial charge in [-0.2, -0.15) is 5.10 Å². The van der Waals surface area contributed by atoms with Crippen molar-refractivity contribution in [3.63, 3.8) is 0 Å². The first kappa shape index (κ1) is 20.2. The lowest BCUT2D eigenvalue weighted by atomic mass is 10.1. The first-order valence-electron chi connectivity index (χ1n) is 9.06. The molecule has 2 aromatic carbocycles. The third-order valence-electron chi connectivity index (χ3n) is 4.47. The second-order valence-corrected chi connectivity index (χ2v) is 6.44. The van der Waals surface area contributed by atoms with Gasteiger partial charge >= 0.3 is 5.97 Å². The second-order valence-electron chi connectivity index (χ2n) is 6.44. The molecule has 0 N–H and O–H groups in total. The molecule has 8 heteroatoms. The van der Waals surface area contributed by atoms with Gasteiger partial charge in [-0.25, -0.2) is 13.9 Å². The van der Waals surface area contributed by atoms with Crippen molar-refractivity contribution >= 4 is 22.6 Å². The maximum atomic E-state index is 13.3. The van der Waals surface area contributed by atoms with Gasteiger partial charge < -0.3 is 9.64 Å². The Kier molecular flexibility index (Phi) is 6.01. The van der Waals surface area contributed by atoms with E-state index in [1.54, 1.807) is 43.3 Å². The molecule has 0 spiro atoms. The highest BCUT2D eigenvalue weighted by molar-refractivity contribution is 6.02. The van der Waals surface area contributed by atoms with Crippen molar-refractivity contribution in [2.45, 2.75) is 13.5 Å². The van der Waals surface area contributed by atoms with Gasteiger partial charge in [0.2, 0.25) is 0 Å². The van der Waals surface area contributed by atoms with Gasteiger partial charge in [-0.3, -0.25) is 9.59 Å². The summed E-state index contributed by atoms with van der Waals surface area (Å²) in [5.74, 6) is -1.60. The topological polar surface area (TPSA) is 81.5 Å². The molecule has 0 saturated heterocycles. The number of ether oxygens (including phenoxy) is 1. The number of likely N-dealkylation sites (N-methyl/N-ethyl adjacent to an activating group) is 1. The monoisotopic (exact) mass is 397 g/mol. The fourth-order valence-electron chi connectivity index (χ4n) is 2.97. The van der Waals surface area contributed by atoms with Gasteiger partial charge in [0.1, 0.15) is 5.82 Å². The Balaban J connectivity index is 1.73. The Morgan fingerprint density at radius 1 is 1.14 bits per heavy atom. The molecule has 0 aliphatic carbocycles. The van der Waals surface area contributed by atoms with E-state index in [1.165, 1.54) is 24.1 Å². The first-order chi connectivity index (χ1) is 13.9. The van der Waals surface area contributed by atoms with E-state index in [0.717, 1.165) is 4.68 Å². The number of rotatable bonds is 6. The van der Waals surface area contributed by atoms with Gasteiger partial charge in [-0.15, -0.1) is 0 Å². The third kappa shape index (κ3) is 4.48. The highest BCUT2D eigenvalue weighted by Crippen LogP contribution is 2.14. The van der Waals surface area contributed by atoms with Gasteiger partial charge in [0.05, 0.1) is 5.39 Å². The third-order valence-corrected chi connectivity index (χ3v) is 4.47. The van der Waals surface area contributed by atoms with Crippen LogP contribution in [0.4, 0.5) is 4.39 Å². The SMILES string of the molecule is CCN(Cc1cccc(F)c1)C(=O)COC(=O)c1nn(C)c(=O)c2ccccc12. The van der Waals surface area contributed by atoms with Crippen LogP contribution in [0, 0.1) is 5.82 Å². The van der Waals surface area contributed by atoms with Crippen LogP contribution in [0.3, 0.4) is 0 Å². The molecular weight excluding hydrogens is 377 g/mol. The van der Waals surface area contributed by atoms with Crippen molar-refractivity contribution in [3.8, 4) is 0 Å². The number of aryl methyl sites for hydroxylation is 1. The molecule has 0 atom stereocenters. The Morgan fingerprint density at radius 3 is 2.55 bits per heavy atom. The zero-order valence-corrected chi connectivity index (χ0v) is 16.1. The maximum absolute atomic E-state index is 13.3. The van der Waals surface area contributed by atoms with Gasteiger partial charge in [-0.05, 0) is 30.7 Å². The minimum atomic E-state index is -0.799. The lowest BCUT2D eigenvalue weighted by Gasteiger charge is -2.21. The molecule has 0 radical (unpaired) electrons. The molecule has 0 bridgehead atoms. The number of nitrogens with zero attached hydrogens (tertiary/aromatic N) is 3. The summed E-state index contributed by atoms with van der Waals surface area (Å²) in [5, 5.41) is 4.68. The largest absolute Gasteiger partial charge is 0.451 e. The summed E-state index contributed by atoms with van der Waals surface area (Å²) in [6.07, 6.45) is 0. The standard InChI is InChI=1S/C21H20FN3O4/c1-3-25(12-14-7-6-8-15(22)11-14)18(26)13-29-21(28)19-16-9-4-5-10-17(16)20(27)24(2)23-19/h4-11H,3,12-13H2,1-2H3. The van der Waals surface area contributed by atoms with Gasteiger partial charge in [0.25, 0.3) is 11.5 Å². The number of carbonyl (C=O) groups excluding carboxylic acids is 2. The van der Waals surface area contributed by atoms with Crippen molar-refractivity contribution in [3.05, 3.63) is 76.0 Å². The van der Waals surface area contributed by atoms with Crippen LogP contribution in [-0.2, 0) is 23.1 Å². The smallest absolute Gasteiger partial charge is 0.359 e. The molecule has 0 aliphatic rings. The number of hydrogen-bond donors (Lipinski definition) is 0. The quantitative estimate of drug-likeness (QED) is 0.596.